The van der Waals surface area contributed by atoms with E-state index in [2.05, 4.69) is 0 Å². The number of ketones is 2. The summed E-state index contributed by atoms with van der Waals surface area (Å²) in [5.74, 6) is -0.615. The summed E-state index contributed by atoms with van der Waals surface area (Å²) < 4.78 is 5.13. The van der Waals surface area contributed by atoms with Gasteiger partial charge in [0.1, 0.15) is 5.75 Å². The summed E-state index contributed by atoms with van der Waals surface area (Å²) in [6, 6.07) is 9.98. The van der Waals surface area contributed by atoms with Gasteiger partial charge in [0.15, 0.2) is 11.6 Å². The van der Waals surface area contributed by atoms with E-state index in [1.807, 2.05) is 0 Å². The average molecular weight is 264 g/mol. The Hall–Kier alpha value is -2.75. The van der Waals surface area contributed by atoms with E-state index in [-0.39, 0.29) is 29.3 Å². The first-order valence-electron chi connectivity index (χ1n) is 6.22. The molecule has 1 heterocycles. The van der Waals surface area contributed by atoms with E-state index < -0.39 is 5.97 Å². The molecule has 4 rings (SSSR count). The summed E-state index contributed by atoms with van der Waals surface area (Å²) in [7, 11) is 0. The van der Waals surface area contributed by atoms with Crippen LogP contribution in [0.2, 0.25) is 0 Å². The number of carbonyl (C=O) groups excluding carboxylic acids is 3. The Balaban J connectivity index is 2.04. The van der Waals surface area contributed by atoms with Crippen molar-refractivity contribution in [2.24, 2.45) is 0 Å². The molecule has 96 valence electrons. The van der Waals surface area contributed by atoms with E-state index in [4.69, 9.17) is 4.74 Å². The quantitative estimate of drug-likeness (QED) is 0.460. The Morgan fingerprint density at radius 3 is 2.25 bits per heavy atom. The van der Waals surface area contributed by atoms with Gasteiger partial charge in [-0.15, -0.1) is 0 Å². The number of benzene rings is 2. The zero-order valence-corrected chi connectivity index (χ0v) is 10.3. The third-order valence-electron chi connectivity index (χ3n) is 3.68. The van der Waals surface area contributed by atoms with Crippen molar-refractivity contribution in [1.29, 1.82) is 0 Å². The smallest absolute Gasteiger partial charge is 0.315 e. The minimum Gasteiger partial charge on any atom is -0.425 e. The van der Waals surface area contributed by atoms with Gasteiger partial charge in [0.05, 0.1) is 12.0 Å². The average Bonchev–Trinajstić information content (AvgIpc) is 2.84. The number of carbonyl (C=O) groups is 3. The van der Waals surface area contributed by atoms with Crippen molar-refractivity contribution in [1.82, 2.24) is 0 Å². The molecule has 0 radical (unpaired) electrons. The zero-order chi connectivity index (χ0) is 13.9. The summed E-state index contributed by atoms with van der Waals surface area (Å²) in [5.41, 5.74) is 1.95. The number of hydrogen-bond acceptors (Lipinski definition) is 4. The summed E-state index contributed by atoms with van der Waals surface area (Å²) in [6.45, 7) is 0. The van der Waals surface area contributed by atoms with E-state index in [1.54, 1.807) is 36.4 Å². The fourth-order valence-electron chi connectivity index (χ4n) is 2.76. The van der Waals surface area contributed by atoms with Gasteiger partial charge < -0.3 is 4.74 Å². The lowest BCUT2D eigenvalue weighted by molar-refractivity contribution is -0.131. The highest BCUT2D eigenvalue weighted by Gasteiger charge is 2.36. The molecule has 0 aromatic heterocycles. The van der Waals surface area contributed by atoms with Crippen molar-refractivity contribution >= 4 is 17.5 Å². The van der Waals surface area contributed by atoms with E-state index >= 15 is 0 Å². The molecule has 0 N–H and O–H groups in total. The van der Waals surface area contributed by atoms with Gasteiger partial charge in [-0.25, -0.2) is 0 Å². The molecule has 0 atom stereocenters. The van der Waals surface area contributed by atoms with Crippen LogP contribution in [0.5, 0.6) is 5.75 Å². The largest absolute Gasteiger partial charge is 0.425 e. The van der Waals surface area contributed by atoms with E-state index in [0.29, 0.717) is 22.3 Å². The summed E-state index contributed by atoms with van der Waals surface area (Å²) >= 11 is 0. The van der Waals surface area contributed by atoms with Crippen LogP contribution < -0.4 is 4.74 Å². The number of fused-ring (bicyclic) bond motifs is 4. The first kappa shape index (κ1) is 11.1. The second-order valence-electron chi connectivity index (χ2n) is 4.83. The topological polar surface area (TPSA) is 60.4 Å². The van der Waals surface area contributed by atoms with Gasteiger partial charge in [0, 0.05) is 22.3 Å². The van der Waals surface area contributed by atoms with Crippen LogP contribution in [0.25, 0.3) is 0 Å². The van der Waals surface area contributed by atoms with Crippen molar-refractivity contribution in [3.8, 4) is 5.75 Å². The molecule has 0 bridgehead atoms. The van der Waals surface area contributed by atoms with Crippen LogP contribution in [0.1, 0.15) is 37.4 Å². The SMILES string of the molecule is O=C1Cc2ccc3c(c2O1)C(=O)c1ccccc1C3=O. The fraction of sp³-hybridized carbons (Fsp3) is 0.0625. The second-order valence-corrected chi connectivity index (χ2v) is 4.83. The lowest BCUT2D eigenvalue weighted by Crippen LogP contribution is -2.21. The standard InChI is InChI=1S/C16H8O4/c17-12-7-8-5-6-11-13(16(8)20-12)15(19)10-4-2-1-3-9(10)14(11)18/h1-6H,7H2. The molecule has 0 saturated heterocycles. The highest BCUT2D eigenvalue weighted by Crippen LogP contribution is 2.38. The molecule has 1 aliphatic heterocycles. The molecule has 0 spiro atoms. The van der Waals surface area contributed by atoms with Crippen LogP contribution in [0, 0.1) is 0 Å². The Labute approximate surface area is 114 Å². The molecule has 0 fully saturated rings. The molecule has 2 aliphatic rings. The predicted octanol–water partition coefficient (Wildman–Crippen LogP) is 1.92. The lowest BCUT2D eigenvalue weighted by Gasteiger charge is -2.18. The molecule has 2 aromatic rings. The maximum absolute atomic E-state index is 12.6. The molecular weight excluding hydrogens is 256 g/mol. The van der Waals surface area contributed by atoms with Gasteiger partial charge in [0.2, 0.25) is 0 Å². The van der Waals surface area contributed by atoms with Crippen molar-refractivity contribution in [2.45, 2.75) is 6.42 Å². The highest BCUT2D eigenvalue weighted by molar-refractivity contribution is 6.29. The lowest BCUT2D eigenvalue weighted by atomic mass is 9.83. The molecule has 1 aliphatic carbocycles. The van der Waals surface area contributed by atoms with E-state index in [1.165, 1.54) is 0 Å². The van der Waals surface area contributed by atoms with Crippen LogP contribution in [-0.2, 0) is 11.2 Å². The molecule has 4 nitrogen and oxygen atoms in total. The van der Waals surface area contributed by atoms with Gasteiger partial charge in [-0.3, -0.25) is 14.4 Å². The molecule has 0 saturated carbocycles. The normalized spacial score (nSPS) is 15.5. The van der Waals surface area contributed by atoms with E-state index in [9.17, 15) is 14.4 Å². The Morgan fingerprint density at radius 2 is 1.50 bits per heavy atom. The molecule has 0 amide bonds. The van der Waals surface area contributed by atoms with Crippen LogP contribution in [0.15, 0.2) is 36.4 Å². The van der Waals surface area contributed by atoms with Gasteiger partial charge in [0.25, 0.3) is 0 Å². The molecule has 4 heteroatoms. The molecule has 2 aromatic carbocycles. The van der Waals surface area contributed by atoms with E-state index in [0.717, 1.165) is 0 Å². The number of ether oxygens (including phenoxy) is 1. The van der Waals surface area contributed by atoms with Crippen molar-refractivity contribution < 1.29 is 19.1 Å². The number of rotatable bonds is 0. The van der Waals surface area contributed by atoms with Gasteiger partial charge >= 0.3 is 5.97 Å². The molecular formula is C16H8O4. The van der Waals surface area contributed by atoms with Crippen LogP contribution in [0.3, 0.4) is 0 Å². The first-order chi connectivity index (χ1) is 9.66. The Bertz CT molecular complexity index is 817. The predicted molar refractivity (Wildman–Crippen MR) is 69.1 cm³/mol. The van der Waals surface area contributed by atoms with Gasteiger partial charge in [-0.2, -0.15) is 0 Å². The number of hydrogen-bond donors (Lipinski definition) is 0. The minimum atomic E-state index is -0.396. The highest BCUT2D eigenvalue weighted by atomic mass is 16.5. The Kier molecular flexibility index (Phi) is 2.02. The van der Waals surface area contributed by atoms with Crippen LogP contribution >= 0.6 is 0 Å². The van der Waals surface area contributed by atoms with Crippen LogP contribution in [0.4, 0.5) is 0 Å². The number of esters is 1. The van der Waals surface area contributed by atoms with Crippen molar-refractivity contribution in [3.63, 3.8) is 0 Å². The van der Waals surface area contributed by atoms with Crippen molar-refractivity contribution in [3.05, 3.63) is 64.2 Å². The summed E-state index contributed by atoms with van der Waals surface area (Å²) in [6.07, 6.45) is 0.145. The Morgan fingerprint density at radius 1 is 0.800 bits per heavy atom. The summed E-state index contributed by atoms with van der Waals surface area (Å²) in [4.78, 5) is 36.4. The minimum absolute atomic E-state index is 0.145. The summed E-state index contributed by atoms with van der Waals surface area (Å²) in [5, 5.41) is 0. The first-order valence-corrected chi connectivity index (χ1v) is 6.22. The second kappa shape index (κ2) is 3.63. The maximum Gasteiger partial charge on any atom is 0.315 e. The van der Waals surface area contributed by atoms with Crippen molar-refractivity contribution in [2.75, 3.05) is 0 Å². The molecule has 0 unspecified atom stereocenters. The maximum atomic E-state index is 12.6. The van der Waals surface area contributed by atoms with Gasteiger partial charge in [-0.05, 0) is 6.07 Å². The molecule has 20 heavy (non-hydrogen) atoms. The zero-order valence-electron chi connectivity index (χ0n) is 10.3. The van der Waals surface area contributed by atoms with Gasteiger partial charge in [-0.1, -0.05) is 30.3 Å². The monoisotopic (exact) mass is 264 g/mol. The third kappa shape index (κ3) is 1.28. The van der Waals surface area contributed by atoms with Crippen LogP contribution in [-0.4, -0.2) is 17.5 Å². The third-order valence-corrected chi connectivity index (χ3v) is 3.68. The fourth-order valence-corrected chi connectivity index (χ4v) is 2.76.